The van der Waals surface area contributed by atoms with Crippen LogP contribution in [-0.4, -0.2) is 21.0 Å². The third kappa shape index (κ3) is 1.95. The van der Waals surface area contributed by atoms with Crippen molar-refractivity contribution in [2.24, 2.45) is 0 Å². The van der Waals surface area contributed by atoms with Gasteiger partial charge in [-0.25, -0.2) is 14.4 Å². The Kier molecular flexibility index (Phi) is 2.75. The second kappa shape index (κ2) is 4.08. The largest absolute Gasteiger partial charge is 0.481 e. The number of benzene rings is 1. The highest BCUT2D eigenvalue weighted by Gasteiger charge is 2.19. The van der Waals surface area contributed by atoms with Gasteiger partial charge in [0.25, 0.3) is 0 Å². The lowest BCUT2D eigenvalue weighted by Gasteiger charge is -2.08. The Morgan fingerprint density at radius 3 is 2.76 bits per heavy atom. The molecular weight excluding hydrogens is 223 g/mol. The molecule has 1 unspecified atom stereocenters. The number of aryl methyl sites for hydroxylation is 1. The van der Waals surface area contributed by atoms with Gasteiger partial charge in [0.15, 0.2) is 0 Å². The van der Waals surface area contributed by atoms with Crippen LogP contribution in [0.3, 0.4) is 0 Å². The van der Waals surface area contributed by atoms with Crippen LogP contribution in [0.5, 0.6) is 0 Å². The van der Waals surface area contributed by atoms with Crippen molar-refractivity contribution in [1.29, 1.82) is 0 Å². The standard InChI is InChI=1S/C12H11FN2O2/c1-6(12(16)17)11-14-7(2)8-4-3-5-9(13)10(8)15-11/h3-6H,1-2H3,(H,16,17). The Balaban J connectivity index is 2.70. The fourth-order valence-corrected chi connectivity index (χ4v) is 1.60. The van der Waals surface area contributed by atoms with E-state index in [-0.39, 0.29) is 11.3 Å². The first kappa shape index (κ1) is 11.4. The van der Waals surface area contributed by atoms with Crippen molar-refractivity contribution in [3.05, 3.63) is 35.5 Å². The highest BCUT2D eigenvalue weighted by Crippen LogP contribution is 2.21. The van der Waals surface area contributed by atoms with E-state index < -0.39 is 17.7 Å². The van der Waals surface area contributed by atoms with Crippen LogP contribution < -0.4 is 0 Å². The van der Waals surface area contributed by atoms with E-state index in [0.717, 1.165) is 0 Å². The molecule has 1 atom stereocenters. The normalized spacial score (nSPS) is 12.6. The van der Waals surface area contributed by atoms with E-state index >= 15 is 0 Å². The van der Waals surface area contributed by atoms with Crippen LogP contribution in [0.1, 0.15) is 24.4 Å². The molecule has 0 spiro atoms. The molecule has 5 heteroatoms. The molecule has 0 amide bonds. The van der Waals surface area contributed by atoms with Crippen molar-refractivity contribution >= 4 is 16.9 Å². The first-order chi connectivity index (χ1) is 8.00. The summed E-state index contributed by atoms with van der Waals surface area (Å²) in [6.45, 7) is 3.19. The van der Waals surface area contributed by atoms with Gasteiger partial charge in [-0.2, -0.15) is 0 Å². The molecule has 0 aliphatic rings. The second-order valence-electron chi connectivity index (χ2n) is 3.86. The van der Waals surface area contributed by atoms with Crippen molar-refractivity contribution in [3.63, 3.8) is 0 Å². The Labute approximate surface area is 97.1 Å². The van der Waals surface area contributed by atoms with Crippen molar-refractivity contribution in [2.45, 2.75) is 19.8 Å². The van der Waals surface area contributed by atoms with Gasteiger partial charge in [-0.15, -0.1) is 0 Å². The molecule has 1 aromatic carbocycles. The third-order valence-electron chi connectivity index (χ3n) is 2.64. The number of aromatic nitrogens is 2. The molecule has 0 radical (unpaired) electrons. The quantitative estimate of drug-likeness (QED) is 0.865. The molecule has 0 aliphatic heterocycles. The summed E-state index contributed by atoms with van der Waals surface area (Å²) in [5.41, 5.74) is 0.751. The molecule has 88 valence electrons. The van der Waals surface area contributed by atoms with Crippen molar-refractivity contribution in [1.82, 2.24) is 9.97 Å². The smallest absolute Gasteiger partial charge is 0.313 e. The van der Waals surface area contributed by atoms with Crippen LogP contribution in [0, 0.1) is 12.7 Å². The van der Waals surface area contributed by atoms with E-state index in [1.165, 1.54) is 13.0 Å². The fourth-order valence-electron chi connectivity index (χ4n) is 1.60. The lowest BCUT2D eigenvalue weighted by molar-refractivity contribution is -0.138. The molecule has 0 fully saturated rings. The highest BCUT2D eigenvalue weighted by molar-refractivity contribution is 5.82. The fraction of sp³-hybridized carbons (Fsp3) is 0.250. The number of rotatable bonds is 2. The number of nitrogens with zero attached hydrogens (tertiary/aromatic N) is 2. The Morgan fingerprint density at radius 2 is 2.12 bits per heavy atom. The van der Waals surface area contributed by atoms with E-state index in [9.17, 15) is 9.18 Å². The summed E-state index contributed by atoms with van der Waals surface area (Å²) in [7, 11) is 0. The monoisotopic (exact) mass is 234 g/mol. The summed E-state index contributed by atoms with van der Waals surface area (Å²) in [4.78, 5) is 19.0. The SMILES string of the molecule is Cc1nc(C(C)C(=O)O)nc2c(F)cccc12. The summed E-state index contributed by atoms with van der Waals surface area (Å²) in [5, 5.41) is 9.50. The van der Waals surface area contributed by atoms with Crippen molar-refractivity contribution < 1.29 is 14.3 Å². The summed E-state index contributed by atoms with van der Waals surface area (Å²) in [6.07, 6.45) is 0. The molecule has 2 aromatic rings. The highest BCUT2D eigenvalue weighted by atomic mass is 19.1. The maximum atomic E-state index is 13.6. The Morgan fingerprint density at radius 1 is 1.41 bits per heavy atom. The zero-order valence-electron chi connectivity index (χ0n) is 9.44. The van der Waals surface area contributed by atoms with E-state index in [4.69, 9.17) is 5.11 Å². The zero-order valence-corrected chi connectivity index (χ0v) is 9.44. The maximum absolute atomic E-state index is 13.6. The second-order valence-corrected chi connectivity index (χ2v) is 3.86. The lowest BCUT2D eigenvalue weighted by Crippen LogP contribution is -2.12. The van der Waals surface area contributed by atoms with E-state index in [2.05, 4.69) is 9.97 Å². The van der Waals surface area contributed by atoms with Gasteiger partial charge in [-0.3, -0.25) is 4.79 Å². The number of aliphatic carboxylic acids is 1. The molecule has 17 heavy (non-hydrogen) atoms. The topological polar surface area (TPSA) is 63.1 Å². The Bertz CT molecular complexity index is 598. The molecule has 0 saturated heterocycles. The third-order valence-corrected chi connectivity index (χ3v) is 2.64. The van der Waals surface area contributed by atoms with Crippen LogP contribution in [0.15, 0.2) is 18.2 Å². The molecule has 1 heterocycles. The molecular formula is C12H11FN2O2. The molecule has 1 aromatic heterocycles. The van der Waals surface area contributed by atoms with E-state index in [1.807, 2.05) is 0 Å². The minimum Gasteiger partial charge on any atom is -0.481 e. The number of carboxylic acids is 1. The van der Waals surface area contributed by atoms with Crippen LogP contribution in [0.4, 0.5) is 4.39 Å². The van der Waals surface area contributed by atoms with Crippen LogP contribution >= 0.6 is 0 Å². The summed E-state index contributed by atoms with van der Waals surface area (Å²) in [6, 6.07) is 4.58. The summed E-state index contributed by atoms with van der Waals surface area (Å²) >= 11 is 0. The summed E-state index contributed by atoms with van der Waals surface area (Å²) < 4.78 is 13.6. The first-order valence-corrected chi connectivity index (χ1v) is 5.16. The van der Waals surface area contributed by atoms with Gasteiger partial charge < -0.3 is 5.11 Å². The number of hydrogen-bond acceptors (Lipinski definition) is 3. The minimum absolute atomic E-state index is 0.132. The number of fused-ring (bicyclic) bond motifs is 1. The predicted octanol–water partition coefficient (Wildman–Crippen LogP) is 2.27. The van der Waals surface area contributed by atoms with Crippen molar-refractivity contribution in [3.8, 4) is 0 Å². The van der Waals surface area contributed by atoms with Crippen LogP contribution in [0.2, 0.25) is 0 Å². The molecule has 0 saturated carbocycles. The minimum atomic E-state index is -1.03. The maximum Gasteiger partial charge on any atom is 0.313 e. The summed E-state index contributed by atoms with van der Waals surface area (Å²) in [5.74, 6) is -2.21. The van der Waals surface area contributed by atoms with Crippen LogP contribution in [-0.2, 0) is 4.79 Å². The predicted molar refractivity (Wildman–Crippen MR) is 60.3 cm³/mol. The molecule has 4 nitrogen and oxygen atoms in total. The molecule has 2 rings (SSSR count). The average Bonchev–Trinajstić information content (AvgIpc) is 2.29. The first-order valence-electron chi connectivity index (χ1n) is 5.16. The van der Waals surface area contributed by atoms with Crippen LogP contribution in [0.25, 0.3) is 10.9 Å². The number of halogens is 1. The van der Waals surface area contributed by atoms with Gasteiger partial charge in [-0.1, -0.05) is 12.1 Å². The lowest BCUT2D eigenvalue weighted by atomic mass is 10.1. The van der Waals surface area contributed by atoms with Gasteiger partial charge in [0, 0.05) is 11.1 Å². The van der Waals surface area contributed by atoms with Crippen molar-refractivity contribution in [2.75, 3.05) is 0 Å². The molecule has 0 aliphatic carbocycles. The number of carbonyl (C=O) groups is 1. The molecule has 0 bridgehead atoms. The Hall–Kier alpha value is -2.04. The zero-order chi connectivity index (χ0) is 12.6. The number of hydrogen-bond donors (Lipinski definition) is 1. The van der Waals surface area contributed by atoms with Gasteiger partial charge in [0.2, 0.25) is 0 Å². The number of para-hydroxylation sites is 1. The number of carboxylic acid groups (broad SMARTS) is 1. The van der Waals surface area contributed by atoms with E-state index in [1.54, 1.807) is 19.1 Å². The van der Waals surface area contributed by atoms with E-state index in [0.29, 0.717) is 11.1 Å². The molecule has 1 N–H and O–H groups in total. The average molecular weight is 234 g/mol. The van der Waals surface area contributed by atoms with Gasteiger partial charge in [0.1, 0.15) is 23.1 Å². The van der Waals surface area contributed by atoms with Gasteiger partial charge in [-0.05, 0) is 19.9 Å². The van der Waals surface area contributed by atoms with Gasteiger partial charge in [0.05, 0.1) is 0 Å². The van der Waals surface area contributed by atoms with Gasteiger partial charge >= 0.3 is 5.97 Å².